The molecule has 166 valence electrons. The summed E-state index contributed by atoms with van der Waals surface area (Å²) < 4.78 is 0. The van der Waals surface area contributed by atoms with E-state index in [9.17, 15) is 14.4 Å². The quantitative estimate of drug-likeness (QED) is 0.545. The second-order valence-electron chi connectivity index (χ2n) is 7.94. The van der Waals surface area contributed by atoms with E-state index in [-0.39, 0.29) is 30.8 Å². The van der Waals surface area contributed by atoms with Gasteiger partial charge in [0, 0.05) is 45.2 Å². The zero-order valence-electron chi connectivity index (χ0n) is 18.5. The summed E-state index contributed by atoms with van der Waals surface area (Å²) in [6.07, 6.45) is 0.693. The van der Waals surface area contributed by atoms with Crippen molar-refractivity contribution in [3.05, 3.63) is 65.7 Å². The van der Waals surface area contributed by atoms with E-state index in [2.05, 4.69) is 16.0 Å². The first-order valence-corrected chi connectivity index (χ1v) is 10.5. The van der Waals surface area contributed by atoms with Crippen LogP contribution in [0.4, 0.5) is 10.5 Å². The maximum atomic E-state index is 12.2. The molecule has 0 heterocycles. The Labute approximate surface area is 184 Å². The summed E-state index contributed by atoms with van der Waals surface area (Å²) in [5.74, 6) is 0.229. The van der Waals surface area contributed by atoms with Gasteiger partial charge in [0.1, 0.15) is 0 Å². The summed E-state index contributed by atoms with van der Waals surface area (Å²) in [5.41, 5.74) is 2.64. The van der Waals surface area contributed by atoms with Gasteiger partial charge in [-0.1, -0.05) is 56.3 Å². The summed E-state index contributed by atoms with van der Waals surface area (Å²) in [4.78, 5) is 37.8. The Kier molecular flexibility index (Phi) is 9.55. The maximum Gasteiger partial charge on any atom is 0.315 e. The lowest BCUT2D eigenvalue weighted by atomic mass is 10.1. The first-order chi connectivity index (χ1) is 14.8. The largest absolute Gasteiger partial charge is 0.341 e. The number of anilines is 1. The van der Waals surface area contributed by atoms with E-state index in [0.29, 0.717) is 31.1 Å². The van der Waals surface area contributed by atoms with Crippen LogP contribution >= 0.6 is 0 Å². The van der Waals surface area contributed by atoms with Crippen LogP contribution in [0.5, 0.6) is 0 Å². The van der Waals surface area contributed by atoms with Crippen molar-refractivity contribution in [3.8, 4) is 0 Å². The third-order valence-electron chi connectivity index (χ3n) is 4.57. The van der Waals surface area contributed by atoms with Crippen LogP contribution in [-0.4, -0.2) is 36.3 Å². The highest BCUT2D eigenvalue weighted by atomic mass is 16.2. The number of hydrogen-bond acceptors (Lipinski definition) is 3. The molecule has 0 aliphatic rings. The third-order valence-corrected chi connectivity index (χ3v) is 4.57. The molecule has 0 aliphatic carbocycles. The number of amides is 4. The molecular weight excluding hydrogens is 392 g/mol. The van der Waals surface area contributed by atoms with Crippen molar-refractivity contribution < 1.29 is 14.4 Å². The Morgan fingerprint density at radius 2 is 1.65 bits per heavy atom. The Hall–Kier alpha value is -3.35. The number of nitrogens with one attached hydrogen (secondary N) is 3. The molecule has 0 bridgehead atoms. The molecule has 0 atom stereocenters. The summed E-state index contributed by atoms with van der Waals surface area (Å²) in [6, 6.07) is 16.8. The number of hydrogen-bond donors (Lipinski definition) is 3. The highest BCUT2D eigenvalue weighted by Crippen LogP contribution is 2.12. The van der Waals surface area contributed by atoms with Gasteiger partial charge in [-0.25, -0.2) is 4.79 Å². The number of benzene rings is 2. The molecule has 2 rings (SSSR count). The minimum atomic E-state index is -0.340. The zero-order valence-corrected chi connectivity index (χ0v) is 18.5. The number of rotatable bonds is 10. The molecule has 2 aromatic rings. The van der Waals surface area contributed by atoms with Gasteiger partial charge < -0.3 is 20.9 Å². The fraction of sp³-hybridized carbons (Fsp3) is 0.375. The zero-order chi connectivity index (χ0) is 22.6. The van der Waals surface area contributed by atoms with Crippen molar-refractivity contribution >= 4 is 23.5 Å². The van der Waals surface area contributed by atoms with Crippen LogP contribution in [0.25, 0.3) is 0 Å². The molecule has 0 fully saturated rings. The fourth-order valence-corrected chi connectivity index (χ4v) is 3.01. The molecule has 0 unspecified atom stereocenters. The summed E-state index contributed by atoms with van der Waals surface area (Å²) in [5, 5.41) is 8.34. The lowest BCUT2D eigenvalue weighted by Crippen LogP contribution is -2.37. The van der Waals surface area contributed by atoms with Crippen LogP contribution in [0.2, 0.25) is 0 Å². The third kappa shape index (κ3) is 9.33. The smallest absolute Gasteiger partial charge is 0.315 e. The molecule has 7 nitrogen and oxygen atoms in total. The Morgan fingerprint density at radius 1 is 0.935 bits per heavy atom. The van der Waals surface area contributed by atoms with Gasteiger partial charge >= 0.3 is 6.03 Å². The van der Waals surface area contributed by atoms with Gasteiger partial charge in [0.2, 0.25) is 11.8 Å². The van der Waals surface area contributed by atoms with Gasteiger partial charge in [-0.05, 0) is 29.2 Å². The Balaban J connectivity index is 1.69. The summed E-state index contributed by atoms with van der Waals surface area (Å²) in [6.45, 7) is 5.10. The average molecular weight is 425 g/mol. The molecule has 0 spiro atoms. The number of carbonyl (C=O) groups is 3. The van der Waals surface area contributed by atoms with Crippen LogP contribution in [0, 0.1) is 5.92 Å². The van der Waals surface area contributed by atoms with Crippen LogP contribution in [0.1, 0.15) is 37.8 Å². The first-order valence-electron chi connectivity index (χ1n) is 10.5. The van der Waals surface area contributed by atoms with E-state index in [0.717, 1.165) is 11.1 Å². The minimum absolute atomic E-state index is 0.0280. The van der Waals surface area contributed by atoms with Gasteiger partial charge in [0.15, 0.2) is 0 Å². The van der Waals surface area contributed by atoms with Crippen molar-refractivity contribution in [3.63, 3.8) is 0 Å². The first kappa shape index (κ1) is 23.9. The normalized spacial score (nSPS) is 10.5. The van der Waals surface area contributed by atoms with E-state index in [1.165, 1.54) is 0 Å². The molecular formula is C24H32N4O3. The summed E-state index contributed by atoms with van der Waals surface area (Å²) in [7, 11) is 1.75. The standard InChI is InChI=1S/C24H32N4O3/c1-18(2)14-22(29)27-21-11-7-10-20(15-21)16-26-24(31)25-13-12-23(30)28(3)17-19-8-5-4-6-9-19/h4-11,15,18H,12-14,16-17H2,1-3H3,(H,27,29)(H2,25,26,31). The van der Waals surface area contributed by atoms with Crippen LogP contribution in [0.15, 0.2) is 54.6 Å². The average Bonchev–Trinajstić information content (AvgIpc) is 2.72. The highest BCUT2D eigenvalue weighted by Gasteiger charge is 2.10. The van der Waals surface area contributed by atoms with Crippen molar-refractivity contribution in [2.24, 2.45) is 5.92 Å². The lowest BCUT2D eigenvalue weighted by molar-refractivity contribution is -0.130. The van der Waals surface area contributed by atoms with E-state index in [4.69, 9.17) is 0 Å². The maximum absolute atomic E-state index is 12.2. The van der Waals surface area contributed by atoms with Crippen molar-refractivity contribution in [1.82, 2.24) is 15.5 Å². The molecule has 0 aliphatic heterocycles. The van der Waals surface area contributed by atoms with E-state index in [1.54, 1.807) is 11.9 Å². The van der Waals surface area contributed by atoms with Gasteiger partial charge in [0.05, 0.1) is 0 Å². The monoisotopic (exact) mass is 424 g/mol. The number of carbonyl (C=O) groups excluding carboxylic acids is 3. The lowest BCUT2D eigenvalue weighted by Gasteiger charge is -2.17. The van der Waals surface area contributed by atoms with Crippen molar-refractivity contribution in [1.29, 1.82) is 0 Å². The molecule has 4 amide bonds. The van der Waals surface area contributed by atoms with Crippen LogP contribution in [-0.2, 0) is 22.7 Å². The summed E-state index contributed by atoms with van der Waals surface area (Å²) >= 11 is 0. The second-order valence-corrected chi connectivity index (χ2v) is 7.94. The van der Waals surface area contributed by atoms with Gasteiger partial charge in [-0.15, -0.1) is 0 Å². The molecule has 31 heavy (non-hydrogen) atoms. The number of urea groups is 1. The predicted octanol–water partition coefficient (Wildman–Crippen LogP) is 3.52. The Morgan fingerprint density at radius 3 is 2.35 bits per heavy atom. The number of nitrogens with zero attached hydrogens (tertiary/aromatic N) is 1. The topological polar surface area (TPSA) is 90.5 Å². The van der Waals surface area contributed by atoms with Crippen molar-refractivity contribution in [2.75, 3.05) is 18.9 Å². The van der Waals surface area contributed by atoms with Crippen LogP contribution < -0.4 is 16.0 Å². The molecule has 3 N–H and O–H groups in total. The molecule has 7 heteroatoms. The molecule has 0 radical (unpaired) electrons. The Bertz CT molecular complexity index is 868. The molecule has 2 aromatic carbocycles. The van der Waals surface area contributed by atoms with Crippen LogP contribution in [0.3, 0.4) is 0 Å². The van der Waals surface area contributed by atoms with Crippen molar-refractivity contribution in [2.45, 2.75) is 39.8 Å². The van der Waals surface area contributed by atoms with Gasteiger partial charge in [0.25, 0.3) is 0 Å². The molecule has 0 saturated heterocycles. The van der Waals surface area contributed by atoms with E-state index < -0.39 is 0 Å². The van der Waals surface area contributed by atoms with E-state index >= 15 is 0 Å². The molecule has 0 saturated carbocycles. The van der Waals surface area contributed by atoms with Gasteiger partial charge in [-0.2, -0.15) is 0 Å². The SMILES string of the molecule is CC(C)CC(=O)Nc1cccc(CNC(=O)NCCC(=O)N(C)Cc2ccccc2)c1. The van der Waals surface area contributed by atoms with E-state index in [1.807, 2.05) is 68.4 Å². The highest BCUT2D eigenvalue weighted by molar-refractivity contribution is 5.90. The van der Waals surface area contributed by atoms with Gasteiger partial charge in [-0.3, -0.25) is 9.59 Å². The predicted molar refractivity (Wildman–Crippen MR) is 122 cm³/mol. The fourth-order valence-electron chi connectivity index (χ4n) is 3.01. The molecule has 0 aromatic heterocycles. The minimum Gasteiger partial charge on any atom is -0.341 e. The second kappa shape index (κ2) is 12.4.